The first-order chi connectivity index (χ1) is 15.6. The number of hydrazone groups is 1. The SMILES string of the molecule is Cc1ccc(C(=O)N2CCN(CC(=O)N3N=C(c4ccco4)CC3c3ccco3)CC2)o1. The Morgan fingerprint density at radius 2 is 1.81 bits per heavy atom. The van der Waals surface area contributed by atoms with Crippen LogP contribution in [0.25, 0.3) is 0 Å². The summed E-state index contributed by atoms with van der Waals surface area (Å²) in [4.78, 5) is 29.6. The predicted octanol–water partition coefficient (Wildman–Crippen LogP) is 2.91. The van der Waals surface area contributed by atoms with Gasteiger partial charge in [0.05, 0.1) is 19.1 Å². The van der Waals surface area contributed by atoms with Crippen LogP contribution in [-0.4, -0.2) is 65.1 Å². The van der Waals surface area contributed by atoms with Crippen molar-refractivity contribution in [2.45, 2.75) is 19.4 Å². The molecule has 32 heavy (non-hydrogen) atoms. The Hall–Kier alpha value is -3.59. The second kappa shape index (κ2) is 8.51. The Kier molecular flexibility index (Phi) is 5.40. The molecule has 2 aliphatic rings. The van der Waals surface area contributed by atoms with Crippen LogP contribution in [-0.2, 0) is 4.79 Å². The fourth-order valence-corrected chi connectivity index (χ4v) is 4.11. The Bertz CT molecular complexity index is 1110. The van der Waals surface area contributed by atoms with Gasteiger partial charge in [-0.1, -0.05) is 0 Å². The lowest BCUT2D eigenvalue weighted by Crippen LogP contribution is -2.51. The summed E-state index contributed by atoms with van der Waals surface area (Å²) in [5.41, 5.74) is 0.717. The van der Waals surface area contributed by atoms with Gasteiger partial charge in [0, 0.05) is 32.6 Å². The Balaban J connectivity index is 1.23. The van der Waals surface area contributed by atoms with E-state index in [0.717, 1.165) is 0 Å². The van der Waals surface area contributed by atoms with Gasteiger partial charge >= 0.3 is 0 Å². The lowest BCUT2D eigenvalue weighted by atomic mass is 10.1. The summed E-state index contributed by atoms with van der Waals surface area (Å²) in [5, 5.41) is 6.06. The maximum atomic E-state index is 13.2. The van der Waals surface area contributed by atoms with Crippen LogP contribution in [0, 0.1) is 6.92 Å². The molecule has 0 aliphatic carbocycles. The second-order valence-electron chi connectivity index (χ2n) is 7.98. The highest BCUT2D eigenvalue weighted by Gasteiger charge is 2.36. The highest BCUT2D eigenvalue weighted by Crippen LogP contribution is 2.33. The summed E-state index contributed by atoms with van der Waals surface area (Å²) in [5.74, 6) is 2.17. The molecule has 0 radical (unpaired) electrons. The molecule has 5 rings (SSSR count). The zero-order valence-electron chi connectivity index (χ0n) is 17.8. The van der Waals surface area contributed by atoms with Crippen LogP contribution in [0.3, 0.4) is 0 Å². The molecular formula is C23H24N4O5. The molecule has 1 fully saturated rings. The van der Waals surface area contributed by atoms with Crippen LogP contribution < -0.4 is 0 Å². The van der Waals surface area contributed by atoms with Gasteiger partial charge in [0.25, 0.3) is 11.8 Å². The average molecular weight is 436 g/mol. The predicted molar refractivity (Wildman–Crippen MR) is 114 cm³/mol. The Morgan fingerprint density at radius 1 is 1.03 bits per heavy atom. The molecule has 3 aromatic rings. The summed E-state index contributed by atoms with van der Waals surface area (Å²) in [6, 6.07) is 10.5. The summed E-state index contributed by atoms with van der Waals surface area (Å²) in [6.07, 6.45) is 3.71. The van der Waals surface area contributed by atoms with Gasteiger partial charge in [-0.05, 0) is 43.3 Å². The van der Waals surface area contributed by atoms with Gasteiger partial charge < -0.3 is 18.2 Å². The molecule has 2 aliphatic heterocycles. The minimum absolute atomic E-state index is 0.116. The number of nitrogens with zero attached hydrogens (tertiary/aromatic N) is 4. The summed E-state index contributed by atoms with van der Waals surface area (Å²) >= 11 is 0. The fraction of sp³-hybridized carbons (Fsp3) is 0.348. The first kappa shape index (κ1) is 20.3. The van der Waals surface area contributed by atoms with Gasteiger partial charge in [0.15, 0.2) is 5.76 Å². The van der Waals surface area contributed by atoms with Gasteiger partial charge in [-0.3, -0.25) is 14.5 Å². The van der Waals surface area contributed by atoms with E-state index in [1.807, 2.05) is 24.0 Å². The molecule has 1 saturated heterocycles. The molecule has 1 unspecified atom stereocenters. The van der Waals surface area contributed by atoms with Gasteiger partial charge in [-0.15, -0.1) is 0 Å². The number of carbonyl (C=O) groups is 2. The topological polar surface area (TPSA) is 95.6 Å². The van der Waals surface area contributed by atoms with Crippen molar-refractivity contribution in [2.24, 2.45) is 5.10 Å². The molecule has 166 valence electrons. The molecule has 9 heteroatoms. The Labute approximate surface area is 184 Å². The number of piperazine rings is 1. The molecule has 2 amide bonds. The summed E-state index contributed by atoms with van der Waals surface area (Å²) in [6.45, 7) is 4.31. The van der Waals surface area contributed by atoms with Crippen LogP contribution >= 0.6 is 0 Å². The largest absolute Gasteiger partial charge is 0.467 e. The molecule has 1 atom stereocenters. The van der Waals surface area contributed by atoms with Crippen molar-refractivity contribution >= 4 is 17.5 Å². The molecule has 0 spiro atoms. The smallest absolute Gasteiger partial charge is 0.289 e. The van der Waals surface area contributed by atoms with Gasteiger partial charge in [0.2, 0.25) is 0 Å². The van der Waals surface area contributed by atoms with Crippen molar-refractivity contribution in [3.8, 4) is 0 Å². The molecule has 9 nitrogen and oxygen atoms in total. The van der Waals surface area contributed by atoms with E-state index in [0.29, 0.717) is 61.4 Å². The lowest BCUT2D eigenvalue weighted by Gasteiger charge is -2.34. The van der Waals surface area contributed by atoms with E-state index in [1.54, 1.807) is 41.7 Å². The van der Waals surface area contributed by atoms with E-state index in [2.05, 4.69) is 5.10 Å². The van der Waals surface area contributed by atoms with Crippen molar-refractivity contribution < 1.29 is 22.8 Å². The molecule has 3 aromatic heterocycles. The number of hydrogen-bond donors (Lipinski definition) is 0. The van der Waals surface area contributed by atoms with Crippen LogP contribution in [0.2, 0.25) is 0 Å². The zero-order valence-corrected chi connectivity index (χ0v) is 17.8. The highest BCUT2D eigenvalue weighted by molar-refractivity contribution is 6.01. The third kappa shape index (κ3) is 3.99. The van der Waals surface area contributed by atoms with Crippen LogP contribution in [0.1, 0.15) is 40.3 Å². The van der Waals surface area contributed by atoms with Gasteiger partial charge in [0.1, 0.15) is 29.0 Å². The third-order valence-corrected chi connectivity index (χ3v) is 5.81. The average Bonchev–Trinajstić information content (AvgIpc) is 3.60. The van der Waals surface area contributed by atoms with E-state index in [9.17, 15) is 9.59 Å². The first-order valence-electron chi connectivity index (χ1n) is 10.6. The minimum atomic E-state index is -0.303. The van der Waals surface area contributed by atoms with E-state index in [4.69, 9.17) is 13.3 Å². The van der Waals surface area contributed by atoms with Gasteiger partial charge in [-0.25, -0.2) is 5.01 Å². The normalized spacial score (nSPS) is 19.4. The first-order valence-corrected chi connectivity index (χ1v) is 10.6. The number of carbonyl (C=O) groups excluding carboxylic acids is 2. The molecule has 0 saturated carbocycles. The highest BCUT2D eigenvalue weighted by atomic mass is 16.4. The lowest BCUT2D eigenvalue weighted by molar-refractivity contribution is -0.134. The molecule has 5 heterocycles. The maximum Gasteiger partial charge on any atom is 0.289 e. The van der Waals surface area contributed by atoms with E-state index in [-0.39, 0.29) is 24.4 Å². The van der Waals surface area contributed by atoms with E-state index in [1.165, 1.54) is 5.01 Å². The molecule has 0 N–H and O–H groups in total. The number of amides is 2. The van der Waals surface area contributed by atoms with Crippen molar-refractivity contribution in [1.82, 2.24) is 14.8 Å². The van der Waals surface area contributed by atoms with E-state index < -0.39 is 0 Å². The van der Waals surface area contributed by atoms with Crippen molar-refractivity contribution in [2.75, 3.05) is 32.7 Å². The number of hydrogen-bond acceptors (Lipinski definition) is 7. The van der Waals surface area contributed by atoms with Gasteiger partial charge in [-0.2, -0.15) is 5.10 Å². The molecular weight excluding hydrogens is 412 g/mol. The van der Waals surface area contributed by atoms with E-state index >= 15 is 0 Å². The monoisotopic (exact) mass is 436 g/mol. The minimum Gasteiger partial charge on any atom is -0.467 e. The number of aryl methyl sites for hydroxylation is 1. The fourth-order valence-electron chi connectivity index (χ4n) is 4.11. The summed E-state index contributed by atoms with van der Waals surface area (Å²) in [7, 11) is 0. The standard InChI is InChI=1S/C23H24N4O5/c1-16-6-7-21(32-16)23(29)26-10-8-25(9-11-26)15-22(28)27-18(20-5-3-13-31-20)14-17(24-27)19-4-2-12-30-19/h2-7,12-13,18H,8-11,14-15H2,1H3. The van der Waals surface area contributed by atoms with Crippen LogP contribution in [0.4, 0.5) is 0 Å². The maximum absolute atomic E-state index is 13.2. The number of furan rings is 3. The number of rotatable bonds is 5. The van der Waals surface area contributed by atoms with Crippen molar-refractivity contribution in [3.63, 3.8) is 0 Å². The summed E-state index contributed by atoms with van der Waals surface area (Å²) < 4.78 is 16.5. The van der Waals surface area contributed by atoms with Crippen LogP contribution in [0.5, 0.6) is 0 Å². The molecule has 0 bridgehead atoms. The van der Waals surface area contributed by atoms with Crippen molar-refractivity contribution in [1.29, 1.82) is 0 Å². The van der Waals surface area contributed by atoms with Crippen LogP contribution in [0.15, 0.2) is 67.3 Å². The third-order valence-electron chi connectivity index (χ3n) is 5.81. The zero-order chi connectivity index (χ0) is 22.1. The quantitative estimate of drug-likeness (QED) is 0.610. The molecule has 0 aromatic carbocycles. The van der Waals surface area contributed by atoms with Crippen molar-refractivity contribution in [3.05, 3.63) is 72.0 Å². The Morgan fingerprint density at radius 3 is 2.47 bits per heavy atom. The second-order valence-corrected chi connectivity index (χ2v) is 7.98.